The van der Waals surface area contributed by atoms with Gasteiger partial charge in [0.1, 0.15) is 17.4 Å². The highest BCUT2D eigenvalue weighted by molar-refractivity contribution is 14.1. The molecule has 1 rings (SSSR count). The molecule has 0 aliphatic rings. The summed E-state index contributed by atoms with van der Waals surface area (Å²) in [5.74, 6) is -1.87. The van der Waals surface area contributed by atoms with Gasteiger partial charge in [-0.25, -0.2) is 8.78 Å². The van der Waals surface area contributed by atoms with Crippen LogP contribution in [-0.4, -0.2) is 5.11 Å². The maximum Gasteiger partial charge on any atom is 0.143 e. The zero-order valence-electron chi connectivity index (χ0n) is 4.74. The zero-order chi connectivity index (χ0) is 7.72. The van der Waals surface area contributed by atoms with E-state index in [0.717, 1.165) is 12.1 Å². The van der Waals surface area contributed by atoms with Gasteiger partial charge in [-0.3, -0.25) is 0 Å². The number of halogens is 3. The lowest BCUT2D eigenvalue weighted by molar-refractivity contribution is 0.454. The van der Waals surface area contributed by atoms with E-state index in [2.05, 4.69) is 0 Å². The average Bonchev–Trinajstić information content (AvgIpc) is 1.82. The van der Waals surface area contributed by atoms with E-state index in [4.69, 9.17) is 5.11 Å². The molecule has 0 bridgehead atoms. The van der Waals surface area contributed by atoms with Gasteiger partial charge in [0.15, 0.2) is 0 Å². The number of hydrogen-bond donors (Lipinski definition) is 1. The van der Waals surface area contributed by atoms with E-state index in [1.54, 1.807) is 22.6 Å². The summed E-state index contributed by atoms with van der Waals surface area (Å²) >= 11 is 1.59. The Morgan fingerprint density at radius 1 is 1.30 bits per heavy atom. The first-order valence-electron chi connectivity index (χ1n) is 2.45. The molecule has 0 saturated carbocycles. The molecule has 0 aliphatic heterocycles. The maximum absolute atomic E-state index is 12.4. The number of phenols is 1. The quantitative estimate of drug-likeness (QED) is 0.557. The molecule has 1 nitrogen and oxygen atoms in total. The monoisotopic (exact) mass is 256 g/mol. The molecule has 1 aromatic carbocycles. The molecular weight excluding hydrogens is 253 g/mol. The van der Waals surface area contributed by atoms with Gasteiger partial charge in [0, 0.05) is 12.1 Å². The molecule has 0 heterocycles. The van der Waals surface area contributed by atoms with E-state index in [1.165, 1.54) is 0 Å². The molecule has 0 spiro atoms. The van der Waals surface area contributed by atoms with Crippen molar-refractivity contribution in [3.63, 3.8) is 0 Å². The second-order valence-corrected chi connectivity index (χ2v) is 2.80. The Kier molecular flexibility index (Phi) is 2.08. The third-order valence-electron chi connectivity index (χ3n) is 0.974. The van der Waals surface area contributed by atoms with Gasteiger partial charge in [-0.05, 0) is 22.6 Å². The normalized spacial score (nSPS) is 9.90. The molecule has 4 heteroatoms. The molecule has 0 aromatic heterocycles. The van der Waals surface area contributed by atoms with Crippen molar-refractivity contribution in [2.45, 2.75) is 0 Å². The Bertz CT molecular complexity index is 239. The van der Waals surface area contributed by atoms with Crippen molar-refractivity contribution in [3.8, 4) is 5.75 Å². The van der Waals surface area contributed by atoms with Gasteiger partial charge >= 0.3 is 0 Å². The first-order chi connectivity index (χ1) is 4.61. The largest absolute Gasteiger partial charge is 0.507 e. The molecule has 10 heavy (non-hydrogen) atoms. The topological polar surface area (TPSA) is 20.2 Å². The molecule has 54 valence electrons. The number of hydrogen-bond acceptors (Lipinski definition) is 1. The lowest BCUT2D eigenvalue weighted by Gasteiger charge is -1.96. The molecule has 1 aromatic rings. The first-order valence-corrected chi connectivity index (χ1v) is 3.52. The molecule has 1 N–H and O–H groups in total. The van der Waals surface area contributed by atoms with Gasteiger partial charge in [0.25, 0.3) is 0 Å². The highest BCUT2D eigenvalue weighted by Gasteiger charge is 2.05. The van der Waals surface area contributed by atoms with E-state index < -0.39 is 11.6 Å². The minimum absolute atomic E-state index is 0.0407. The van der Waals surface area contributed by atoms with Crippen LogP contribution >= 0.6 is 22.6 Å². The number of rotatable bonds is 0. The van der Waals surface area contributed by atoms with Crippen LogP contribution in [0.2, 0.25) is 0 Å². The van der Waals surface area contributed by atoms with Crippen molar-refractivity contribution in [2.75, 3.05) is 0 Å². The van der Waals surface area contributed by atoms with Crippen molar-refractivity contribution in [1.29, 1.82) is 0 Å². The Labute approximate surface area is 69.8 Å². The van der Waals surface area contributed by atoms with Crippen LogP contribution in [0.5, 0.6) is 5.75 Å². The second-order valence-electron chi connectivity index (χ2n) is 1.72. The predicted molar refractivity (Wildman–Crippen MR) is 40.7 cm³/mol. The smallest absolute Gasteiger partial charge is 0.143 e. The SMILES string of the molecule is Oc1cc(F)cc(F)c1I. The molecule has 0 fully saturated rings. The minimum Gasteiger partial charge on any atom is -0.507 e. The Morgan fingerprint density at radius 3 is 2.40 bits per heavy atom. The summed E-state index contributed by atoms with van der Waals surface area (Å²) in [6, 6.07) is 1.59. The molecule has 0 aliphatic carbocycles. The molecule has 0 radical (unpaired) electrons. The van der Waals surface area contributed by atoms with Crippen LogP contribution < -0.4 is 0 Å². The highest BCUT2D eigenvalue weighted by Crippen LogP contribution is 2.22. The van der Waals surface area contributed by atoms with Gasteiger partial charge in [-0.1, -0.05) is 0 Å². The van der Waals surface area contributed by atoms with Crippen molar-refractivity contribution >= 4 is 22.6 Å². The Morgan fingerprint density at radius 2 is 1.90 bits per heavy atom. The van der Waals surface area contributed by atoms with Crippen LogP contribution in [0, 0.1) is 15.2 Å². The molecule has 0 saturated heterocycles. The number of phenolic OH excluding ortho intramolecular Hbond substituents is 1. The summed E-state index contributed by atoms with van der Waals surface area (Å²) in [5, 5.41) is 8.79. The van der Waals surface area contributed by atoms with Gasteiger partial charge in [0.05, 0.1) is 3.57 Å². The number of benzene rings is 1. The Balaban J connectivity index is 3.31. The maximum atomic E-state index is 12.4. The summed E-state index contributed by atoms with van der Waals surface area (Å²) < 4.78 is 24.7. The van der Waals surface area contributed by atoms with Crippen molar-refractivity contribution in [3.05, 3.63) is 27.3 Å². The van der Waals surface area contributed by atoms with E-state index in [1.807, 2.05) is 0 Å². The van der Waals surface area contributed by atoms with Gasteiger partial charge in [-0.15, -0.1) is 0 Å². The van der Waals surface area contributed by atoms with Crippen LogP contribution in [0.1, 0.15) is 0 Å². The predicted octanol–water partition coefficient (Wildman–Crippen LogP) is 2.28. The summed E-state index contributed by atoms with van der Waals surface area (Å²) in [7, 11) is 0. The van der Waals surface area contributed by atoms with E-state index in [-0.39, 0.29) is 9.32 Å². The van der Waals surface area contributed by atoms with E-state index in [0.29, 0.717) is 0 Å². The standard InChI is InChI=1S/C6H3F2IO/c7-3-1-4(8)6(9)5(10)2-3/h1-2,10H. The van der Waals surface area contributed by atoms with Gasteiger partial charge in [0.2, 0.25) is 0 Å². The number of aromatic hydroxyl groups is 1. The highest BCUT2D eigenvalue weighted by atomic mass is 127. The lowest BCUT2D eigenvalue weighted by Crippen LogP contribution is -1.84. The fraction of sp³-hybridized carbons (Fsp3) is 0. The van der Waals surface area contributed by atoms with Crippen molar-refractivity contribution in [2.24, 2.45) is 0 Å². The van der Waals surface area contributed by atoms with Crippen molar-refractivity contribution in [1.82, 2.24) is 0 Å². The average molecular weight is 256 g/mol. The fourth-order valence-electron chi connectivity index (χ4n) is 0.542. The fourth-order valence-corrected chi connectivity index (χ4v) is 0.854. The summed E-state index contributed by atoms with van der Waals surface area (Å²) in [6.45, 7) is 0. The van der Waals surface area contributed by atoms with Crippen LogP contribution in [0.4, 0.5) is 8.78 Å². The van der Waals surface area contributed by atoms with Crippen LogP contribution in [0.3, 0.4) is 0 Å². The van der Waals surface area contributed by atoms with Gasteiger partial charge < -0.3 is 5.11 Å². The zero-order valence-corrected chi connectivity index (χ0v) is 6.89. The summed E-state index contributed by atoms with van der Waals surface area (Å²) in [6.07, 6.45) is 0. The molecule has 0 amide bonds. The van der Waals surface area contributed by atoms with Crippen LogP contribution in [-0.2, 0) is 0 Å². The minimum atomic E-state index is -0.768. The summed E-state index contributed by atoms with van der Waals surface area (Å²) in [4.78, 5) is 0. The molecule has 0 unspecified atom stereocenters. The van der Waals surface area contributed by atoms with E-state index in [9.17, 15) is 8.78 Å². The Hall–Kier alpha value is -0.390. The van der Waals surface area contributed by atoms with Crippen molar-refractivity contribution < 1.29 is 13.9 Å². The van der Waals surface area contributed by atoms with E-state index >= 15 is 0 Å². The third kappa shape index (κ3) is 1.36. The molecule has 0 atom stereocenters. The third-order valence-corrected chi connectivity index (χ3v) is 2.04. The summed E-state index contributed by atoms with van der Waals surface area (Å²) in [5.41, 5.74) is 0. The van der Waals surface area contributed by atoms with Crippen LogP contribution in [0.25, 0.3) is 0 Å². The lowest BCUT2D eigenvalue weighted by atomic mass is 10.3. The second kappa shape index (κ2) is 2.69. The first kappa shape index (κ1) is 7.71. The van der Waals surface area contributed by atoms with Crippen LogP contribution in [0.15, 0.2) is 12.1 Å². The van der Waals surface area contributed by atoms with Gasteiger partial charge in [-0.2, -0.15) is 0 Å². The molecular formula is C6H3F2IO.